The maximum Gasteiger partial charge on any atom is 0.232 e. The summed E-state index contributed by atoms with van der Waals surface area (Å²) in [5.41, 5.74) is 1.53. The second kappa shape index (κ2) is 7.98. The van der Waals surface area contributed by atoms with Crippen LogP contribution in [-0.2, 0) is 20.0 Å². The van der Waals surface area contributed by atoms with E-state index < -0.39 is 20.0 Å². The van der Waals surface area contributed by atoms with Crippen molar-refractivity contribution in [2.75, 3.05) is 47.9 Å². The Kier molecular flexibility index (Phi) is 6.84. The van der Waals surface area contributed by atoms with Crippen LogP contribution < -0.4 is 13.9 Å². The molecule has 0 aliphatic carbocycles. The van der Waals surface area contributed by atoms with Crippen LogP contribution in [0.4, 0.5) is 11.4 Å². The molecule has 0 amide bonds. The zero-order valence-electron chi connectivity index (χ0n) is 14.0. The first-order valence-electron chi connectivity index (χ1n) is 7.35. The lowest BCUT2D eigenvalue weighted by atomic mass is 10.2. The zero-order valence-corrected chi connectivity index (χ0v) is 15.6. The average Bonchev–Trinajstić information content (AvgIpc) is 2.43. The van der Waals surface area contributed by atoms with Crippen LogP contribution in [0, 0.1) is 0 Å². The van der Waals surface area contributed by atoms with Crippen LogP contribution >= 0.6 is 0 Å². The molecule has 132 valence electrons. The van der Waals surface area contributed by atoms with Gasteiger partial charge in [0.2, 0.25) is 20.0 Å². The van der Waals surface area contributed by atoms with Crippen molar-refractivity contribution in [3.63, 3.8) is 0 Å². The molecule has 0 fully saturated rings. The molecule has 0 aliphatic heterocycles. The lowest BCUT2D eigenvalue weighted by Gasteiger charge is -2.25. The maximum atomic E-state index is 12.0. The van der Waals surface area contributed by atoms with Gasteiger partial charge in [0.1, 0.15) is 0 Å². The maximum absolute atomic E-state index is 12.0. The van der Waals surface area contributed by atoms with E-state index in [1.54, 1.807) is 12.1 Å². The summed E-state index contributed by atoms with van der Waals surface area (Å²) < 4.78 is 49.6. The third-order valence-corrected chi connectivity index (χ3v) is 5.27. The number of hydrogen-bond donors (Lipinski definition) is 1. The highest BCUT2D eigenvalue weighted by Gasteiger charge is 2.18. The molecule has 1 aromatic rings. The van der Waals surface area contributed by atoms with Crippen molar-refractivity contribution in [3.8, 4) is 0 Å². The third kappa shape index (κ3) is 6.36. The minimum absolute atomic E-state index is 0.0176. The number of benzene rings is 1. The summed E-state index contributed by atoms with van der Waals surface area (Å²) in [5, 5.41) is 0. The molecule has 1 rings (SSSR count). The van der Waals surface area contributed by atoms with Gasteiger partial charge >= 0.3 is 0 Å². The molecule has 0 unspecified atom stereocenters. The smallest absolute Gasteiger partial charge is 0.232 e. The van der Waals surface area contributed by atoms with Crippen molar-refractivity contribution in [2.45, 2.75) is 13.8 Å². The Morgan fingerprint density at radius 3 is 1.78 bits per heavy atom. The molecule has 0 atom stereocenters. The standard InChI is InChI=1S/C14H25N3O4S2/c1-5-16(6-2)13-7-9-14(10-8-13)17(23(4,20)21)12-11-15-22(3,18)19/h7-10,15H,5-6,11-12H2,1-4H3. The first kappa shape index (κ1) is 19.7. The van der Waals surface area contributed by atoms with E-state index in [9.17, 15) is 16.8 Å². The highest BCUT2D eigenvalue weighted by atomic mass is 32.2. The molecule has 1 aromatic carbocycles. The number of anilines is 2. The molecule has 23 heavy (non-hydrogen) atoms. The molecule has 0 spiro atoms. The Hall–Kier alpha value is -1.32. The van der Waals surface area contributed by atoms with Crippen molar-refractivity contribution < 1.29 is 16.8 Å². The Morgan fingerprint density at radius 1 is 0.913 bits per heavy atom. The molecule has 0 saturated carbocycles. The lowest BCUT2D eigenvalue weighted by Crippen LogP contribution is -2.37. The predicted octanol–water partition coefficient (Wildman–Crippen LogP) is 0.848. The summed E-state index contributed by atoms with van der Waals surface area (Å²) in [7, 11) is -6.85. The molecule has 1 N–H and O–H groups in total. The van der Waals surface area contributed by atoms with Gasteiger partial charge in [-0.2, -0.15) is 0 Å². The van der Waals surface area contributed by atoms with Gasteiger partial charge in [-0.25, -0.2) is 21.6 Å². The Bertz CT molecular complexity index is 696. The van der Waals surface area contributed by atoms with Gasteiger partial charge in [-0.1, -0.05) is 0 Å². The molecular weight excluding hydrogens is 338 g/mol. The van der Waals surface area contributed by atoms with Crippen molar-refractivity contribution in [2.24, 2.45) is 0 Å². The number of nitrogens with one attached hydrogen (secondary N) is 1. The summed E-state index contributed by atoms with van der Waals surface area (Å²) in [5.74, 6) is 0. The summed E-state index contributed by atoms with van der Waals surface area (Å²) in [6.45, 7) is 5.89. The van der Waals surface area contributed by atoms with Crippen LogP contribution in [0.15, 0.2) is 24.3 Å². The number of hydrogen-bond acceptors (Lipinski definition) is 5. The number of rotatable bonds is 9. The quantitative estimate of drug-likeness (QED) is 0.703. The van der Waals surface area contributed by atoms with Gasteiger partial charge in [0.05, 0.1) is 18.2 Å². The van der Waals surface area contributed by atoms with E-state index >= 15 is 0 Å². The fourth-order valence-corrected chi connectivity index (χ4v) is 3.63. The number of sulfonamides is 2. The van der Waals surface area contributed by atoms with Crippen LogP contribution in [0.25, 0.3) is 0 Å². The second-order valence-electron chi connectivity index (χ2n) is 5.19. The van der Waals surface area contributed by atoms with E-state index in [1.165, 1.54) is 4.31 Å². The molecule has 7 nitrogen and oxygen atoms in total. The van der Waals surface area contributed by atoms with Crippen molar-refractivity contribution in [1.82, 2.24) is 4.72 Å². The van der Waals surface area contributed by atoms with Gasteiger partial charge in [0.25, 0.3) is 0 Å². The molecule has 0 bridgehead atoms. The Balaban J connectivity index is 2.96. The lowest BCUT2D eigenvalue weighted by molar-refractivity contribution is 0.583. The first-order chi connectivity index (χ1) is 10.6. The van der Waals surface area contributed by atoms with E-state index in [0.717, 1.165) is 31.3 Å². The summed E-state index contributed by atoms with van der Waals surface area (Å²) >= 11 is 0. The molecular formula is C14H25N3O4S2. The highest BCUT2D eigenvalue weighted by Crippen LogP contribution is 2.22. The van der Waals surface area contributed by atoms with Gasteiger partial charge in [-0.05, 0) is 38.1 Å². The minimum atomic E-state index is -3.50. The summed E-state index contributed by atoms with van der Waals surface area (Å²) in [6.07, 6.45) is 2.14. The number of nitrogens with zero attached hydrogens (tertiary/aromatic N) is 2. The molecule has 0 radical (unpaired) electrons. The van der Waals surface area contributed by atoms with Crippen LogP contribution in [0.1, 0.15) is 13.8 Å². The van der Waals surface area contributed by atoms with E-state index in [-0.39, 0.29) is 13.1 Å². The van der Waals surface area contributed by atoms with E-state index in [4.69, 9.17) is 0 Å². The van der Waals surface area contributed by atoms with Gasteiger partial charge in [0.15, 0.2) is 0 Å². The van der Waals surface area contributed by atoms with Gasteiger partial charge in [-0.15, -0.1) is 0 Å². The van der Waals surface area contributed by atoms with Crippen LogP contribution in [-0.4, -0.2) is 55.5 Å². The summed E-state index contributed by atoms with van der Waals surface area (Å²) in [4.78, 5) is 2.15. The van der Waals surface area contributed by atoms with Gasteiger partial charge in [-0.3, -0.25) is 4.31 Å². The van der Waals surface area contributed by atoms with E-state index in [2.05, 4.69) is 23.5 Å². The molecule has 0 aliphatic rings. The normalized spacial score (nSPS) is 12.2. The van der Waals surface area contributed by atoms with Crippen molar-refractivity contribution in [3.05, 3.63) is 24.3 Å². The topological polar surface area (TPSA) is 86.8 Å². The van der Waals surface area contributed by atoms with Crippen molar-refractivity contribution >= 4 is 31.4 Å². The fourth-order valence-electron chi connectivity index (χ4n) is 2.24. The van der Waals surface area contributed by atoms with Crippen molar-refractivity contribution in [1.29, 1.82) is 0 Å². The zero-order chi connectivity index (χ0) is 17.7. The Morgan fingerprint density at radius 2 is 1.39 bits per heavy atom. The van der Waals surface area contributed by atoms with E-state index in [1.807, 2.05) is 12.1 Å². The van der Waals surface area contributed by atoms with E-state index in [0.29, 0.717) is 5.69 Å². The monoisotopic (exact) mass is 363 g/mol. The van der Waals surface area contributed by atoms with Gasteiger partial charge in [0, 0.05) is 31.9 Å². The Labute approximate surface area is 139 Å². The highest BCUT2D eigenvalue weighted by molar-refractivity contribution is 7.92. The molecule has 0 heterocycles. The minimum Gasteiger partial charge on any atom is -0.372 e. The third-order valence-electron chi connectivity index (χ3n) is 3.35. The SMILES string of the molecule is CCN(CC)c1ccc(N(CCNS(C)(=O)=O)S(C)(=O)=O)cc1. The molecule has 0 aromatic heterocycles. The molecule has 0 saturated heterocycles. The average molecular weight is 364 g/mol. The predicted molar refractivity (Wildman–Crippen MR) is 95.0 cm³/mol. The van der Waals surface area contributed by atoms with Crippen LogP contribution in [0.3, 0.4) is 0 Å². The second-order valence-corrected chi connectivity index (χ2v) is 8.93. The van der Waals surface area contributed by atoms with Crippen LogP contribution in [0.5, 0.6) is 0 Å². The largest absolute Gasteiger partial charge is 0.372 e. The van der Waals surface area contributed by atoms with Crippen LogP contribution in [0.2, 0.25) is 0 Å². The fraction of sp³-hybridized carbons (Fsp3) is 0.571. The molecule has 9 heteroatoms. The van der Waals surface area contributed by atoms with Gasteiger partial charge < -0.3 is 4.90 Å². The first-order valence-corrected chi connectivity index (χ1v) is 11.1. The summed E-state index contributed by atoms with van der Waals surface area (Å²) in [6, 6.07) is 7.19.